The van der Waals surface area contributed by atoms with Gasteiger partial charge in [0, 0.05) is 31.6 Å². The molecule has 2 amide bonds. The average molecular weight is 405 g/mol. The van der Waals surface area contributed by atoms with Crippen molar-refractivity contribution in [3.05, 3.63) is 76.7 Å². The van der Waals surface area contributed by atoms with Gasteiger partial charge in [0.2, 0.25) is 0 Å². The van der Waals surface area contributed by atoms with Gasteiger partial charge in [0.1, 0.15) is 5.82 Å². The molecule has 0 saturated carbocycles. The zero-order chi connectivity index (χ0) is 21.3. The van der Waals surface area contributed by atoms with Gasteiger partial charge in [-0.1, -0.05) is 23.8 Å². The molecule has 0 atom stereocenters. The van der Waals surface area contributed by atoms with Crippen LogP contribution >= 0.6 is 0 Å². The number of hydrogen-bond acceptors (Lipinski definition) is 3. The Morgan fingerprint density at radius 2 is 1.53 bits per heavy atom. The third kappa shape index (κ3) is 3.90. The molecule has 0 bridgehead atoms. The second kappa shape index (κ2) is 8.22. The molecule has 1 aliphatic rings. The summed E-state index contributed by atoms with van der Waals surface area (Å²) in [5, 5.41) is 0.940. The molecule has 0 unspecified atom stereocenters. The number of hydrogen-bond donors (Lipinski definition) is 0. The molecule has 6 heteroatoms. The number of rotatable bonds is 2. The number of halogens is 1. The first kappa shape index (κ1) is 20.0. The van der Waals surface area contributed by atoms with Crippen molar-refractivity contribution >= 4 is 22.7 Å². The Balaban J connectivity index is 1.53. The maximum absolute atomic E-state index is 14.0. The van der Waals surface area contributed by atoms with Crippen LogP contribution < -0.4 is 0 Å². The highest BCUT2D eigenvalue weighted by atomic mass is 19.1. The lowest BCUT2D eigenvalue weighted by molar-refractivity contribution is 0.0715. The molecule has 1 aliphatic heterocycles. The van der Waals surface area contributed by atoms with Crippen LogP contribution in [-0.4, -0.2) is 52.8 Å². The zero-order valence-electron chi connectivity index (χ0n) is 17.2. The highest BCUT2D eigenvalue weighted by molar-refractivity contribution is 5.99. The fourth-order valence-corrected chi connectivity index (χ4v) is 3.91. The van der Waals surface area contributed by atoms with Crippen LogP contribution in [0.1, 0.15) is 38.4 Å². The van der Waals surface area contributed by atoms with Crippen molar-refractivity contribution in [3.63, 3.8) is 0 Å². The van der Waals surface area contributed by atoms with E-state index in [2.05, 4.69) is 4.98 Å². The fraction of sp³-hybridized carbons (Fsp3) is 0.292. The smallest absolute Gasteiger partial charge is 0.256 e. The lowest BCUT2D eigenvalue weighted by atomic mass is 10.1. The number of nitrogens with zero attached hydrogens (tertiary/aromatic N) is 3. The third-order valence-electron chi connectivity index (χ3n) is 5.57. The van der Waals surface area contributed by atoms with Gasteiger partial charge in [-0.05, 0) is 50.6 Å². The number of amides is 2. The standard InChI is InChI=1S/C24H24FN3O2/c1-16-8-9-22-18(14-16)15-20(17(2)26-22)24(30)28-11-5-10-27(12-13-28)23(29)19-6-3-4-7-21(19)25/h3-4,6-9,14-15H,5,10-13H2,1-2H3. The van der Waals surface area contributed by atoms with E-state index in [1.165, 1.54) is 12.1 Å². The molecule has 30 heavy (non-hydrogen) atoms. The molecule has 1 fully saturated rings. The largest absolute Gasteiger partial charge is 0.337 e. The molecule has 1 aromatic heterocycles. The van der Waals surface area contributed by atoms with Gasteiger partial charge in [-0.15, -0.1) is 0 Å². The number of aryl methyl sites for hydroxylation is 2. The van der Waals surface area contributed by atoms with Crippen molar-refractivity contribution in [1.82, 2.24) is 14.8 Å². The molecule has 2 aromatic carbocycles. The van der Waals surface area contributed by atoms with Gasteiger partial charge in [0.15, 0.2) is 0 Å². The van der Waals surface area contributed by atoms with Gasteiger partial charge in [-0.3, -0.25) is 14.6 Å². The Kier molecular flexibility index (Phi) is 5.48. The third-order valence-corrected chi connectivity index (χ3v) is 5.57. The first-order valence-corrected chi connectivity index (χ1v) is 10.1. The van der Waals surface area contributed by atoms with Gasteiger partial charge >= 0.3 is 0 Å². The lowest BCUT2D eigenvalue weighted by Gasteiger charge is -2.23. The van der Waals surface area contributed by atoms with E-state index in [1.54, 1.807) is 21.9 Å². The van der Waals surface area contributed by atoms with E-state index in [9.17, 15) is 14.0 Å². The van der Waals surface area contributed by atoms with Crippen molar-refractivity contribution in [1.29, 1.82) is 0 Å². The second-order valence-electron chi connectivity index (χ2n) is 7.74. The zero-order valence-corrected chi connectivity index (χ0v) is 17.2. The number of carbonyl (C=O) groups is 2. The quantitative estimate of drug-likeness (QED) is 0.648. The van der Waals surface area contributed by atoms with E-state index in [-0.39, 0.29) is 17.4 Å². The molecule has 3 aromatic rings. The maximum atomic E-state index is 14.0. The van der Waals surface area contributed by atoms with E-state index in [0.717, 1.165) is 16.5 Å². The van der Waals surface area contributed by atoms with E-state index < -0.39 is 5.82 Å². The first-order chi connectivity index (χ1) is 14.4. The summed E-state index contributed by atoms with van der Waals surface area (Å²) in [6, 6.07) is 13.9. The van der Waals surface area contributed by atoms with Crippen molar-refractivity contribution in [2.24, 2.45) is 0 Å². The Morgan fingerprint density at radius 1 is 0.867 bits per heavy atom. The summed E-state index contributed by atoms with van der Waals surface area (Å²) < 4.78 is 14.0. The van der Waals surface area contributed by atoms with E-state index in [4.69, 9.17) is 0 Å². The molecule has 154 valence electrons. The topological polar surface area (TPSA) is 53.5 Å². The number of pyridine rings is 1. The summed E-state index contributed by atoms with van der Waals surface area (Å²) in [7, 11) is 0. The van der Waals surface area contributed by atoms with E-state index in [0.29, 0.717) is 43.9 Å². The Bertz CT molecular complexity index is 1130. The minimum atomic E-state index is -0.521. The molecule has 1 saturated heterocycles. The van der Waals surface area contributed by atoms with Crippen LogP contribution in [0.15, 0.2) is 48.5 Å². The normalized spacial score (nSPS) is 14.6. The van der Waals surface area contributed by atoms with Gasteiger partial charge in [-0.25, -0.2) is 4.39 Å². The Labute approximate surface area is 175 Å². The molecule has 0 radical (unpaired) electrons. The summed E-state index contributed by atoms with van der Waals surface area (Å²) >= 11 is 0. The van der Waals surface area contributed by atoms with Crippen LogP contribution in [0.4, 0.5) is 4.39 Å². The van der Waals surface area contributed by atoms with Crippen LogP contribution in [0, 0.1) is 19.7 Å². The van der Waals surface area contributed by atoms with Crippen molar-refractivity contribution < 1.29 is 14.0 Å². The summed E-state index contributed by atoms with van der Waals surface area (Å²) in [5.74, 6) is -0.933. The summed E-state index contributed by atoms with van der Waals surface area (Å²) in [6.45, 7) is 5.67. The fourth-order valence-electron chi connectivity index (χ4n) is 3.91. The van der Waals surface area contributed by atoms with Crippen LogP contribution in [0.3, 0.4) is 0 Å². The molecule has 0 N–H and O–H groups in total. The van der Waals surface area contributed by atoms with Crippen LogP contribution in [0.2, 0.25) is 0 Å². The summed E-state index contributed by atoms with van der Waals surface area (Å²) in [4.78, 5) is 33.9. The lowest BCUT2D eigenvalue weighted by Crippen LogP contribution is -2.37. The Hall–Kier alpha value is -3.28. The van der Waals surface area contributed by atoms with E-state index in [1.807, 2.05) is 38.1 Å². The highest BCUT2D eigenvalue weighted by Crippen LogP contribution is 2.20. The number of benzene rings is 2. The summed E-state index contributed by atoms with van der Waals surface area (Å²) in [6.07, 6.45) is 0.644. The van der Waals surface area contributed by atoms with Gasteiger partial charge < -0.3 is 9.80 Å². The van der Waals surface area contributed by atoms with E-state index >= 15 is 0 Å². The molecular weight excluding hydrogens is 381 g/mol. The number of fused-ring (bicyclic) bond motifs is 1. The predicted molar refractivity (Wildman–Crippen MR) is 114 cm³/mol. The first-order valence-electron chi connectivity index (χ1n) is 10.1. The molecule has 0 spiro atoms. The number of aromatic nitrogens is 1. The average Bonchev–Trinajstić information content (AvgIpc) is 2.99. The van der Waals surface area contributed by atoms with Gasteiger partial charge in [0.05, 0.1) is 22.3 Å². The SMILES string of the molecule is Cc1ccc2nc(C)c(C(=O)N3CCCN(C(=O)c4ccccc4F)CC3)cc2c1. The minimum absolute atomic E-state index is 0.0715. The Morgan fingerprint density at radius 3 is 2.23 bits per heavy atom. The maximum Gasteiger partial charge on any atom is 0.256 e. The van der Waals surface area contributed by atoms with Crippen LogP contribution in [-0.2, 0) is 0 Å². The molecule has 0 aliphatic carbocycles. The van der Waals surface area contributed by atoms with Crippen molar-refractivity contribution in [3.8, 4) is 0 Å². The van der Waals surface area contributed by atoms with Gasteiger partial charge in [0.25, 0.3) is 11.8 Å². The molecule has 2 heterocycles. The monoisotopic (exact) mass is 405 g/mol. The van der Waals surface area contributed by atoms with Crippen molar-refractivity contribution in [2.45, 2.75) is 20.3 Å². The molecular formula is C24H24FN3O2. The molecule has 4 rings (SSSR count). The van der Waals surface area contributed by atoms with Crippen LogP contribution in [0.5, 0.6) is 0 Å². The van der Waals surface area contributed by atoms with Crippen LogP contribution in [0.25, 0.3) is 10.9 Å². The second-order valence-corrected chi connectivity index (χ2v) is 7.74. The summed E-state index contributed by atoms with van der Waals surface area (Å²) in [5.41, 5.74) is 3.33. The highest BCUT2D eigenvalue weighted by Gasteiger charge is 2.26. The molecule has 5 nitrogen and oxygen atoms in total. The van der Waals surface area contributed by atoms with Crippen molar-refractivity contribution in [2.75, 3.05) is 26.2 Å². The van der Waals surface area contributed by atoms with Gasteiger partial charge in [-0.2, -0.15) is 0 Å². The predicted octanol–water partition coefficient (Wildman–Crippen LogP) is 3.98. The minimum Gasteiger partial charge on any atom is -0.337 e. The number of carbonyl (C=O) groups excluding carboxylic acids is 2.